The SMILES string of the molecule is CC1(NC(=O)c2c[nH]c3ccccc23)CCS(=O)(=O)C1. The first-order valence-corrected chi connectivity index (χ1v) is 8.30. The van der Waals surface area contributed by atoms with Gasteiger partial charge in [-0.05, 0) is 19.4 Å². The molecule has 1 amide bonds. The number of aromatic nitrogens is 1. The van der Waals surface area contributed by atoms with Gasteiger partial charge >= 0.3 is 0 Å². The van der Waals surface area contributed by atoms with E-state index in [-0.39, 0.29) is 17.4 Å². The third kappa shape index (κ3) is 2.31. The van der Waals surface area contributed by atoms with Crippen LogP contribution in [-0.4, -0.2) is 36.4 Å². The van der Waals surface area contributed by atoms with Gasteiger partial charge in [0.2, 0.25) is 0 Å². The molecule has 20 heavy (non-hydrogen) atoms. The van der Waals surface area contributed by atoms with Gasteiger partial charge in [-0.1, -0.05) is 18.2 Å². The van der Waals surface area contributed by atoms with Gasteiger partial charge in [0, 0.05) is 17.1 Å². The minimum Gasteiger partial charge on any atom is -0.360 e. The lowest BCUT2D eigenvalue weighted by Gasteiger charge is -2.23. The van der Waals surface area contributed by atoms with Crippen LogP contribution < -0.4 is 5.32 Å². The number of carbonyl (C=O) groups is 1. The highest BCUT2D eigenvalue weighted by Crippen LogP contribution is 2.24. The monoisotopic (exact) mass is 292 g/mol. The number of sulfone groups is 1. The summed E-state index contributed by atoms with van der Waals surface area (Å²) in [6.07, 6.45) is 2.12. The van der Waals surface area contributed by atoms with Crippen molar-refractivity contribution in [2.24, 2.45) is 0 Å². The normalized spacial score (nSPS) is 24.9. The molecule has 1 aromatic heterocycles. The van der Waals surface area contributed by atoms with Crippen molar-refractivity contribution in [3.63, 3.8) is 0 Å². The van der Waals surface area contributed by atoms with E-state index in [0.717, 1.165) is 10.9 Å². The zero-order valence-corrected chi connectivity index (χ0v) is 12.0. The number of hydrogen-bond donors (Lipinski definition) is 2. The summed E-state index contributed by atoms with van der Waals surface area (Å²) in [6.45, 7) is 1.78. The Bertz CT molecular complexity index is 779. The van der Waals surface area contributed by atoms with Crippen molar-refractivity contribution < 1.29 is 13.2 Å². The molecule has 0 spiro atoms. The molecule has 1 unspecified atom stereocenters. The number of nitrogens with one attached hydrogen (secondary N) is 2. The summed E-state index contributed by atoms with van der Waals surface area (Å²) in [4.78, 5) is 15.4. The molecule has 0 radical (unpaired) electrons. The molecule has 1 fully saturated rings. The van der Waals surface area contributed by atoms with E-state index in [1.165, 1.54) is 0 Å². The van der Waals surface area contributed by atoms with E-state index in [9.17, 15) is 13.2 Å². The van der Waals surface area contributed by atoms with Gasteiger partial charge in [-0.2, -0.15) is 0 Å². The molecule has 1 aromatic carbocycles. The highest BCUT2D eigenvalue weighted by molar-refractivity contribution is 7.91. The molecule has 106 valence electrons. The number of rotatable bonds is 2. The lowest BCUT2D eigenvalue weighted by Crippen LogP contribution is -2.46. The van der Waals surface area contributed by atoms with Crippen LogP contribution in [0.5, 0.6) is 0 Å². The molecule has 1 atom stereocenters. The van der Waals surface area contributed by atoms with Crippen LogP contribution in [-0.2, 0) is 9.84 Å². The topological polar surface area (TPSA) is 79.0 Å². The van der Waals surface area contributed by atoms with E-state index in [1.807, 2.05) is 24.3 Å². The van der Waals surface area contributed by atoms with Crippen molar-refractivity contribution in [1.82, 2.24) is 10.3 Å². The minimum atomic E-state index is -3.03. The summed E-state index contributed by atoms with van der Waals surface area (Å²) in [6, 6.07) is 7.53. The Hall–Kier alpha value is -1.82. The fourth-order valence-corrected chi connectivity index (χ4v) is 4.80. The average Bonchev–Trinajstić information content (AvgIpc) is 2.90. The van der Waals surface area contributed by atoms with Crippen LogP contribution in [0, 0.1) is 0 Å². The number of benzene rings is 1. The molecule has 0 bridgehead atoms. The maximum absolute atomic E-state index is 12.4. The fourth-order valence-electron chi connectivity index (χ4n) is 2.71. The van der Waals surface area contributed by atoms with E-state index >= 15 is 0 Å². The maximum Gasteiger partial charge on any atom is 0.253 e. The van der Waals surface area contributed by atoms with Crippen molar-refractivity contribution in [2.45, 2.75) is 18.9 Å². The molecule has 5 nitrogen and oxygen atoms in total. The van der Waals surface area contributed by atoms with Crippen LogP contribution in [0.15, 0.2) is 30.5 Å². The Labute approximate surface area is 117 Å². The first-order valence-electron chi connectivity index (χ1n) is 6.48. The lowest BCUT2D eigenvalue weighted by atomic mass is 10.0. The number of aromatic amines is 1. The number of para-hydroxylation sites is 1. The maximum atomic E-state index is 12.4. The Morgan fingerprint density at radius 1 is 1.35 bits per heavy atom. The number of fused-ring (bicyclic) bond motifs is 1. The summed E-state index contributed by atoms with van der Waals surface area (Å²) in [5.41, 5.74) is 0.766. The van der Waals surface area contributed by atoms with Crippen LogP contribution >= 0.6 is 0 Å². The van der Waals surface area contributed by atoms with Gasteiger partial charge in [-0.15, -0.1) is 0 Å². The van der Waals surface area contributed by atoms with Gasteiger partial charge in [0.1, 0.15) is 0 Å². The highest BCUT2D eigenvalue weighted by atomic mass is 32.2. The Morgan fingerprint density at radius 3 is 2.80 bits per heavy atom. The van der Waals surface area contributed by atoms with E-state index in [0.29, 0.717) is 12.0 Å². The number of amides is 1. The van der Waals surface area contributed by atoms with Crippen molar-refractivity contribution in [2.75, 3.05) is 11.5 Å². The molecule has 0 saturated carbocycles. The molecule has 0 aliphatic carbocycles. The lowest BCUT2D eigenvalue weighted by molar-refractivity contribution is 0.0917. The van der Waals surface area contributed by atoms with Gasteiger partial charge in [0.15, 0.2) is 9.84 Å². The van der Waals surface area contributed by atoms with E-state index in [4.69, 9.17) is 0 Å². The number of hydrogen-bond acceptors (Lipinski definition) is 3. The van der Waals surface area contributed by atoms with Gasteiger partial charge in [0.25, 0.3) is 5.91 Å². The largest absolute Gasteiger partial charge is 0.360 e. The molecule has 1 saturated heterocycles. The summed E-state index contributed by atoms with van der Waals surface area (Å²) in [5.74, 6) is -0.0896. The second kappa shape index (κ2) is 4.34. The Morgan fingerprint density at radius 2 is 2.10 bits per heavy atom. The average molecular weight is 292 g/mol. The second-order valence-electron chi connectivity index (χ2n) is 5.60. The van der Waals surface area contributed by atoms with Gasteiger partial charge in [-0.25, -0.2) is 8.42 Å². The first-order chi connectivity index (χ1) is 9.39. The molecule has 3 rings (SSSR count). The van der Waals surface area contributed by atoms with Gasteiger partial charge in [0.05, 0.1) is 22.6 Å². The van der Waals surface area contributed by atoms with Crippen LogP contribution in [0.2, 0.25) is 0 Å². The van der Waals surface area contributed by atoms with Crippen molar-refractivity contribution in [3.8, 4) is 0 Å². The predicted molar refractivity (Wildman–Crippen MR) is 77.4 cm³/mol. The molecule has 1 aliphatic rings. The standard InChI is InChI=1S/C14H16N2O3S/c1-14(6-7-20(18,19)9-14)16-13(17)11-8-15-12-5-3-2-4-10(11)12/h2-5,8,15H,6-7,9H2,1H3,(H,16,17). The molecular formula is C14H16N2O3S. The summed E-state index contributed by atoms with van der Waals surface area (Å²) < 4.78 is 23.1. The van der Waals surface area contributed by atoms with E-state index in [1.54, 1.807) is 13.1 Å². The zero-order chi connectivity index (χ0) is 14.4. The Kier molecular flexibility index (Phi) is 2.86. The van der Waals surface area contributed by atoms with E-state index < -0.39 is 15.4 Å². The number of H-pyrrole nitrogens is 1. The summed E-state index contributed by atoms with van der Waals surface area (Å²) in [7, 11) is -3.03. The quantitative estimate of drug-likeness (QED) is 0.880. The summed E-state index contributed by atoms with van der Waals surface area (Å²) in [5, 5.41) is 3.71. The third-order valence-corrected chi connectivity index (χ3v) is 5.66. The predicted octanol–water partition coefficient (Wildman–Crippen LogP) is 1.47. The van der Waals surface area contributed by atoms with Crippen molar-refractivity contribution in [3.05, 3.63) is 36.0 Å². The molecule has 6 heteroatoms. The van der Waals surface area contributed by atoms with Gasteiger partial charge < -0.3 is 10.3 Å². The van der Waals surface area contributed by atoms with Gasteiger partial charge in [-0.3, -0.25) is 4.79 Å². The number of carbonyl (C=O) groups excluding carboxylic acids is 1. The van der Waals surface area contributed by atoms with E-state index in [2.05, 4.69) is 10.3 Å². The fraction of sp³-hybridized carbons (Fsp3) is 0.357. The second-order valence-corrected chi connectivity index (χ2v) is 7.79. The van der Waals surface area contributed by atoms with Crippen molar-refractivity contribution >= 4 is 26.6 Å². The van der Waals surface area contributed by atoms with Crippen LogP contribution in [0.25, 0.3) is 10.9 Å². The molecular weight excluding hydrogens is 276 g/mol. The summed E-state index contributed by atoms with van der Waals surface area (Å²) >= 11 is 0. The third-order valence-electron chi connectivity index (χ3n) is 3.75. The van der Waals surface area contributed by atoms with Crippen LogP contribution in [0.4, 0.5) is 0 Å². The minimum absolute atomic E-state index is 0.00803. The molecule has 2 aromatic rings. The van der Waals surface area contributed by atoms with Crippen molar-refractivity contribution in [1.29, 1.82) is 0 Å². The zero-order valence-electron chi connectivity index (χ0n) is 11.1. The highest BCUT2D eigenvalue weighted by Gasteiger charge is 2.39. The van der Waals surface area contributed by atoms with Crippen LogP contribution in [0.3, 0.4) is 0 Å². The molecule has 2 heterocycles. The molecule has 1 aliphatic heterocycles. The first kappa shape index (κ1) is 13.2. The molecule has 2 N–H and O–H groups in total. The smallest absolute Gasteiger partial charge is 0.253 e. The van der Waals surface area contributed by atoms with Crippen LogP contribution in [0.1, 0.15) is 23.7 Å². The Balaban J connectivity index is 1.87.